The Bertz CT molecular complexity index is 1430. The molecule has 0 aliphatic carbocycles. The van der Waals surface area contributed by atoms with Gasteiger partial charge in [0.15, 0.2) is 11.0 Å². The zero-order chi connectivity index (χ0) is 24.7. The van der Waals surface area contributed by atoms with Crippen LogP contribution in [0.15, 0.2) is 107 Å². The van der Waals surface area contributed by atoms with E-state index in [1.54, 1.807) is 6.26 Å². The lowest BCUT2D eigenvalue weighted by Gasteiger charge is -2.10. The third kappa shape index (κ3) is 5.84. The molecule has 2 heterocycles. The lowest BCUT2D eigenvalue weighted by molar-refractivity contribution is -0.113. The number of benzene rings is 3. The Morgan fingerprint density at radius 2 is 1.75 bits per heavy atom. The Morgan fingerprint density at radius 1 is 0.944 bits per heavy atom. The minimum Gasteiger partial charge on any atom is -0.467 e. The monoisotopic (exact) mass is 496 g/mol. The molecule has 0 saturated carbocycles. The molecule has 0 bridgehead atoms. The van der Waals surface area contributed by atoms with Gasteiger partial charge in [0.1, 0.15) is 17.3 Å². The summed E-state index contributed by atoms with van der Waals surface area (Å²) in [5.41, 5.74) is 2.79. The summed E-state index contributed by atoms with van der Waals surface area (Å²) in [5, 5.41) is 12.4. The molecular formula is C28H24N4O3S. The second-order valence-electron chi connectivity index (χ2n) is 8.12. The van der Waals surface area contributed by atoms with Gasteiger partial charge < -0.3 is 14.5 Å². The fourth-order valence-electron chi connectivity index (χ4n) is 3.65. The molecule has 5 aromatic rings. The fraction of sp³-hybridized carbons (Fsp3) is 0.107. The number of carbonyl (C=O) groups excluding carboxylic acids is 1. The Balaban J connectivity index is 1.25. The zero-order valence-corrected chi connectivity index (χ0v) is 20.4. The Hall–Kier alpha value is -4.30. The van der Waals surface area contributed by atoms with Gasteiger partial charge in [0.2, 0.25) is 5.91 Å². The number of ether oxygens (including phenoxy) is 1. The molecule has 5 rings (SSSR count). The number of rotatable bonds is 9. The van der Waals surface area contributed by atoms with Crippen LogP contribution in [0.2, 0.25) is 0 Å². The number of hydrogen-bond donors (Lipinski definition) is 1. The number of carbonyl (C=O) groups is 1. The molecule has 1 amide bonds. The molecule has 0 radical (unpaired) electrons. The summed E-state index contributed by atoms with van der Waals surface area (Å²) in [6, 6.07) is 28.7. The molecular weight excluding hydrogens is 472 g/mol. The number of nitrogens with one attached hydrogen (secondary N) is 1. The van der Waals surface area contributed by atoms with Crippen LogP contribution in [0, 0.1) is 6.92 Å². The summed E-state index contributed by atoms with van der Waals surface area (Å²) in [6.07, 6.45) is 1.64. The number of para-hydroxylation sites is 1. The van der Waals surface area contributed by atoms with Crippen molar-refractivity contribution in [1.82, 2.24) is 14.8 Å². The minimum absolute atomic E-state index is 0.138. The lowest BCUT2D eigenvalue weighted by atomic mass is 10.1. The number of hydrogen-bond acceptors (Lipinski definition) is 6. The van der Waals surface area contributed by atoms with Crippen molar-refractivity contribution >= 4 is 23.4 Å². The number of nitrogens with zero attached hydrogens (tertiary/aromatic N) is 3. The van der Waals surface area contributed by atoms with Crippen LogP contribution in [-0.4, -0.2) is 26.4 Å². The van der Waals surface area contributed by atoms with Crippen LogP contribution >= 0.6 is 11.8 Å². The molecule has 8 heteroatoms. The maximum absolute atomic E-state index is 12.7. The first-order chi connectivity index (χ1) is 17.6. The predicted molar refractivity (Wildman–Crippen MR) is 140 cm³/mol. The van der Waals surface area contributed by atoms with E-state index in [0.717, 1.165) is 28.5 Å². The zero-order valence-electron chi connectivity index (χ0n) is 19.6. The van der Waals surface area contributed by atoms with E-state index in [2.05, 4.69) is 21.6 Å². The molecule has 1 N–H and O–H groups in total. The first kappa shape index (κ1) is 23.4. The highest BCUT2D eigenvalue weighted by atomic mass is 32.2. The van der Waals surface area contributed by atoms with Crippen LogP contribution in [0.4, 0.5) is 5.69 Å². The lowest BCUT2D eigenvalue weighted by Crippen LogP contribution is -2.14. The maximum Gasteiger partial charge on any atom is 0.234 e. The van der Waals surface area contributed by atoms with E-state index in [4.69, 9.17) is 9.15 Å². The summed E-state index contributed by atoms with van der Waals surface area (Å²) in [6.45, 7) is 2.51. The highest BCUT2D eigenvalue weighted by molar-refractivity contribution is 7.99. The molecule has 0 spiro atoms. The molecule has 3 aromatic carbocycles. The van der Waals surface area contributed by atoms with Crippen molar-refractivity contribution < 1.29 is 13.9 Å². The van der Waals surface area contributed by atoms with Crippen molar-refractivity contribution in [2.24, 2.45) is 0 Å². The van der Waals surface area contributed by atoms with Crippen molar-refractivity contribution in [3.05, 3.63) is 109 Å². The van der Waals surface area contributed by atoms with E-state index in [-0.39, 0.29) is 11.7 Å². The fourth-order valence-corrected chi connectivity index (χ4v) is 4.39. The van der Waals surface area contributed by atoms with Crippen LogP contribution in [0.25, 0.3) is 11.4 Å². The van der Waals surface area contributed by atoms with Gasteiger partial charge in [-0.05, 0) is 61.5 Å². The quantitative estimate of drug-likeness (QED) is 0.237. The van der Waals surface area contributed by atoms with E-state index < -0.39 is 0 Å². The Labute approximate surface area is 213 Å². The standard InChI is InChI=1S/C28H24N4O3S/c1-20-7-5-8-21(17-20)27-30-31-28(32(27)18-25-11-6-16-34-25)36-19-26(33)29-22-12-14-24(15-13-22)35-23-9-3-2-4-10-23/h2-17H,18-19H2,1H3,(H,29,33). The maximum atomic E-state index is 12.7. The minimum atomic E-state index is -0.138. The molecule has 0 aliphatic rings. The smallest absolute Gasteiger partial charge is 0.234 e. The van der Waals surface area contributed by atoms with E-state index >= 15 is 0 Å². The van der Waals surface area contributed by atoms with Gasteiger partial charge >= 0.3 is 0 Å². The normalized spacial score (nSPS) is 10.8. The number of thioether (sulfide) groups is 1. The molecule has 0 atom stereocenters. The molecule has 2 aromatic heterocycles. The predicted octanol–water partition coefficient (Wildman–Crippen LogP) is 6.42. The van der Waals surface area contributed by atoms with E-state index in [1.807, 2.05) is 96.4 Å². The average Bonchev–Trinajstić information content (AvgIpc) is 3.55. The van der Waals surface area contributed by atoms with Crippen LogP contribution in [0.5, 0.6) is 11.5 Å². The van der Waals surface area contributed by atoms with Gasteiger partial charge in [0.05, 0.1) is 18.6 Å². The summed E-state index contributed by atoms with van der Waals surface area (Å²) in [5.74, 6) is 3.02. The van der Waals surface area contributed by atoms with Gasteiger partial charge in [0.25, 0.3) is 0 Å². The van der Waals surface area contributed by atoms with Crippen LogP contribution in [0.1, 0.15) is 11.3 Å². The number of aromatic nitrogens is 3. The molecule has 36 heavy (non-hydrogen) atoms. The van der Waals surface area contributed by atoms with E-state index in [9.17, 15) is 4.79 Å². The largest absolute Gasteiger partial charge is 0.467 e. The molecule has 7 nitrogen and oxygen atoms in total. The second-order valence-corrected chi connectivity index (χ2v) is 9.06. The van der Waals surface area contributed by atoms with Gasteiger partial charge in [-0.15, -0.1) is 10.2 Å². The highest BCUT2D eigenvalue weighted by Gasteiger charge is 2.17. The van der Waals surface area contributed by atoms with Crippen LogP contribution in [0.3, 0.4) is 0 Å². The first-order valence-electron chi connectivity index (χ1n) is 11.4. The number of aryl methyl sites for hydroxylation is 1. The number of anilines is 1. The van der Waals surface area contributed by atoms with Gasteiger partial charge in [-0.3, -0.25) is 9.36 Å². The van der Waals surface area contributed by atoms with Crippen molar-refractivity contribution in [3.63, 3.8) is 0 Å². The third-order valence-corrected chi connectivity index (χ3v) is 6.30. The molecule has 0 unspecified atom stereocenters. The molecule has 0 fully saturated rings. The molecule has 180 valence electrons. The molecule has 0 aliphatic heterocycles. The van der Waals surface area contributed by atoms with Gasteiger partial charge in [-0.2, -0.15) is 0 Å². The van der Waals surface area contributed by atoms with E-state index in [1.165, 1.54) is 11.8 Å². The Morgan fingerprint density at radius 3 is 2.50 bits per heavy atom. The van der Waals surface area contributed by atoms with Crippen molar-refractivity contribution in [2.45, 2.75) is 18.6 Å². The Kier molecular flexibility index (Phi) is 7.14. The highest BCUT2D eigenvalue weighted by Crippen LogP contribution is 2.27. The van der Waals surface area contributed by atoms with Crippen molar-refractivity contribution in [2.75, 3.05) is 11.1 Å². The van der Waals surface area contributed by atoms with Crippen LogP contribution in [-0.2, 0) is 11.3 Å². The van der Waals surface area contributed by atoms with Gasteiger partial charge in [-0.1, -0.05) is 53.7 Å². The summed E-state index contributed by atoms with van der Waals surface area (Å²) < 4.78 is 13.3. The average molecular weight is 497 g/mol. The molecule has 0 saturated heterocycles. The van der Waals surface area contributed by atoms with E-state index in [0.29, 0.717) is 23.1 Å². The number of amides is 1. The number of furan rings is 1. The van der Waals surface area contributed by atoms with Crippen molar-refractivity contribution in [1.29, 1.82) is 0 Å². The topological polar surface area (TPSA) is 82.2 Å². The first-order valence-corrected chi connectivity index (χ1v) is 12.4. The van der Waals surface area contributed by atoms with Crippen molar-refractivity contribution in [3.8, 4) is 22.9 Å². The third-order valence-electron chi connectivity index (χ3n) is 5.34. The van der Waals surface area contributed by atoms with Gasteiger partial charge in [-0.25, -0.2) is 0 Å². The summed E-state index contributed by atoms with van der Waals surface area (Å²) in [7, 11) is 0. The summed E-state index contributed by atoms with van der Waals surface area (Å²) in [4.78, 5) is 12.7. The summed E-state index contributed by atoms with van der Waals surface area (Å²) >= 11 is 1.33. The van der Waals surface area contributed by atoms with Gasteiger partial charge in [0, 0.05) is 11.3 Å². The van der Waals surface area contributed by atoms with Crippen LogP contribution < -0.4 is 10.1 Å². The SMILES string of the molecule is Cc1cccc(-c2nnc(SCC(=O)Nc3ccc(Oc4ccccc4)cc3)n2Cc2ccco2)c1. The second kappa shape index (κ2) is 11.0.